The van der Waals surface area contributed by atoms with Gasteiger partial charge in [-0.25, -0.2) is 4.68 Å². The molecule has 0 aliphatic heterocycles. The van der Waals surface area contributed by atoms with Gasteiger partial charge in [0.15, 0.2) is 0 Å². The number of nitrogens with zero attached hydrogens (tertiary/aromatic N) is 3. The number of hydrogen-bond donors (Lipinski definition) is 0. The Labute approximate surface area is 175 Å². The second kappa shape index (κ2) is 9.52. The molecule has 0 bridgehead atoms. The van der Waals surface area contributed by atoms with Crippen LogP contribution in [0.5, 0.6) is 0 Å². The van der Waals surface area contributed by atoms with Gasteiger partial charge in [0.1, 0.15) is 5.78 Å². The Kier molecular flexibility index (Phi) is 6.83. The number of carbonyl (C=O) groups excluding carboxylic acids is 2. The van der Waals surface area contributed by atoms with Crippen LogP contribution in [0, 0.1) is 0 Å². The molecule has 3 rings (SSSR count). The number of halogens is 1. The highest BCUT2D eigenvalue weighted by molar-refractivity contribution is 6.30. The van der Waals surface area contributed by atoms with Crippen LogP contribution < -0.4 is 0 Å². The molecule has 0 N–H and O–H groups in total. The molecule has 0 spiro atoms. The largest absolute Gasteiger partial charge is 0.341 e. The fourth-order valence-corrected chi connectivity index (χ4v) is 3.24. The van der Waals surface area contributed by atoms with Crippen LogP contribution in [0.2, 0.25) is 5.02 Å². The summed E-state index contributed by atoms with van der Waals surface area (Å²) in [6.45, 7) is 1.98. The molecule has 5 nitrogen and oxygen atoms in total. The Hall–Kier alpha value is -2.92. The van der Waals surface area contributed by atoms with Gasteiger partial charge < -0.3 is 9.69 Å². The summed E-state index contributed by atoms with van der Waals surface area (Å²) >= 11 is 6.03. The molecule has 29 heavy (non-hydrogen) atoms. The van der Waals surface area contributed by atoms with E-state index in [4.69, 9.17) is 16.7 Å². The van der Waals surface area contributed by atoms with Gasteiger partial charge in [-0.1, -0.05) is 41.9 Å². The van der Waals surface area contributed by atoms with Gasteiger partial charge in [-0.3, -0.25) is 4.79 Å². The zero-order valence-corrected chi connectivity index (χ0v) is 17.4. The molecule has 2 aromatic carbocycles. The smallest absolute Gasteiger partial charge is 0.222 e. The monoisotopic (exact) mass is 409 g/mol. The normalized spacial score (nSPS) is 10.7. The molecule has 6 heteroatoms. The van der Waals surface area contributed by atoms with Gasteiger partial charge in [-0.2, -0.15) is 5.10 Å². The van der Waals surface area contributed by atoms with Crippen LogP contribution in [-0.2, 0) is 16.1 Å². The summed E-state index contributed by atoms with van der Waals surface area (Å²) in [5, 5.41) is 5.43. The van der Waals surface area contributed by atoms with Crippen molar-refractivity contribution in [1.82, 2.24) is 14.7 Å². The van der Waals surface area contributed by atoms with E-state index in [0.717, 1.165) is 22.5 Å². The summed E-state index contributed by atoms with van der Waals surface area (Å²) in [6, 6.07) is 17.4. The highest BCUT2D eigenvalue weighted by Gasteiger charge is 2.17. The summed E-state index contributed by atoms with van der Waals surface area (Å²) in [5.74, 6) is 0.121. The maximum absolute atomic E-state index is 12.5. The fourth-order valence-electron chi connectivity index (χ4n) is 3.11. The first-order chi connectivity index (χ1) is 13.9. The lowest BCUT2D eigenvalue weighted by atomic mass is 10.1. The third-order valence-electron chi connectivity index (χ3n) is 4.68. The zero-order chi connectivity index (χ0) is 20.8. The Morgan fingerprint density at radius 2 is 1.72 bits per heavy atom. The molecule has 150 valence electrons. The van der Waals surface area contributed by atoms with E-state index in [-0.39, 0.29) is 11.7 Å². The van der Waals surface area contributed by atoms with E-state index in [1.807, 2.05) is 65.5 Å². The molecule has 0 fully saturated rings. The van der Waals surface area contributed by atoms with E-state index in [2.05, 4.69) is 0 Å². The van der Waals surface area contributed by atoms with Crippen molar-refractivity contribution >= 4 is 23.3 Å². The van der Waals surface area contributed by atoms with Crippen molar-refractivity contribution in [2.75, 3.05) is 7.05 Å². The van der Waals surface area contributed by atoms with Gasteiger partial charge >= 0.3 is 0 Å². The molecule has 0 unspecified atom stereocenters. The van der Waals surface area contributed by atoms with Gasteiger partial charge in [-0.05, 0) is 37.6 Å². The van der Waals surface area contributed by atoms with Gasteiger partial charge in [0.2, 0.25) is 5.91 Å². The van der Waals surface area contributed by atoms with E-state index >= 15 is 0 Å². The van der Waals surface area contributed by atoms with E-state index in [1.165, 1.54) is 0 Å². The van der Waals surface area contributed by atoms with Gasteiger partial charge in [0, 0.05) is 48.8 Å². The molecule has 0 aliphatic rings. The van der Waals surface area contributed by atoms with Crippen LogP contribution in [-0.4, -0.2) is 33.4 Å². The molecule has 0 aliphatic carbocycles. The summed E-state index contributed by atoms with van der Waals surface area (Å²) in [4.78, 5) is 25.3. The third-order valence-corrected chi connectivity index (χ3v) is 4.93. The second-order valence-corrected chi connectivity index (χ2v) is 7.53. The molecule has 1 heterocycles. The Balaban J connectivity index is 1.85. The van der Waals surface area contributed by atoms with Gasteiger partial charge in [-0.15, -0.1) is 0 Å². The number of hydrogen-bond acceptors (Lipinski definition) is 3. The first kappa shape index (κ1) is 20.8. The number of carbonyl (C=O) groups is 2. The maximum atomic E-state index is 12.5. The topological polar surface area (TPSA) is 55.2 Å². The average Bonchev–Trinajstić information content (AvgIpc) is 3.12. The van der Waals surface area contributed by atoms with Crippen LogP contribution in [0.15, 0.2) is 60.8 Å². The number of rotatable bonds is 8. The second-order valence-electron chi connectivity index (χ2n) is 7.10. The molecule has 1 aromatic heterocycles. The fraction of sp³-hybridized carbons (Fsp3) is 0.261. The van der Waals surface area contributed by atoms with Crippen molar-refractivity contribution in [3.8, 4) is 16.9 Å². The van der Waals surface area contributed by atoms with Crippen LogP contribution >= 0.6 is 11.6 Å². The average molecular weight is 410 g/mol. The molecule has 0 saturated heterocycles. The van der Waals surface area contributed by atoms with Gasteiger partial charge in [0.25, 0.3) is 0 Å². The van der Waals surface area contributed by atoms with Crippen molar-refractivity contribution in [3.05, 3.63) is 71.4 Å². The minimum atomic E-state index is 0.0146. The number of benzene rings is 2. The van der Waals surface area contributed by atoms with Crippen molar-refractivity contribution in [1.29, 1.82) is 0 Å². The van der Waals surface area contributed by atoms with Crippen LogP contribution in [0.4, 0.5) is 0 Å². The number of aromatic nitrogens is 2. The Morgan fingerprint density at radius 3 is 2.38 bits per heavy atom. The minimum Gasteiger partial charge on any atom is -0.341 e. The maximum Gasteiger partial charge on any atom is 0.222 e. The molecular weight excluding hydrogens is 386 g/mol. The number of para-hydroxylation sites is 1. The summed E-state index contributed by atoms with van der Waals surface area (Å²) < 4.78 is 1.83. The van der Waals surface area contributed by atoms with Crippen LogP contribution in [0.25, 0.3) is 16.9 Å². The summed E-state index contributed by atoms with van der Waals surface area (Å²) in [7, 11) is 1.78. The van der Waals surface area contributed by atoms with Gasteiger partial charge in [0.05, 0.1) is 11.4 Å². The minimum absolute atomic E-state index is 0.0146. The molecule has 0 saturated carbocycles. The number of Topliss-reactive ketones (excluding diaryl/α,β-unsaturated/α-hetero) is 1. The summed E-state index contributed by atoms with van der Waals surface area (Å²) in [6.07, 6.45) is 3.32. The third kappa shape index (κ3) is 5.55. The lowest BCUT2D eigenvalue weighted by Gasteiger charge is -2.17. The lowest BCUT2D eigenvalue weighted by Crippen LogP contribution is -2.26. The number of amides is 1. The highest BCUT2D eigenvalue weighted by Crippen LogP contribution is 2.26. The number of ketones is 1. The van der Waals surface area contributed by atoms with E-state index in [1.54, 1.807) is 18.9 Å². The Bertz CT molecular complexity index is 981. The quantitative estimate of drug-likeness (QED) is 0.531. The van der Waals surface area contributed by atoms with E-state index in [0.29, 0.717) is 30.8 Å². The van der Waals surface area contributed by atoms with Crippen molar-refractivity contribution in [2.45, 2.75) is 32.7 Å². The predicted octanol–water partition coefficient (Wildman–Crippen LogP) is 4.91. The Morgan fingerprint density at radius 1 is 1.03 bits per heavy atom. The SMILES string of the molecule is CC(=O)CCCC(=O)N(C)Cc1cn(-c2ccccc2)nc1-c1ccc(Cl)cc1. The molecule has 3 aromatic rings. The van der Waals surface area contributed by atoms with Crippen molar-refractivity contribution < 1.29 is 9.59 Å². The van der Waals surface area contributed by atoms with E-state index < -0.39 is 0 Å². The standard InChI is InChI=1S/C23H24ClN3O2/c1-17(28)7-6-10-22(29)26(2)15-19-16-27(21-8-4-3-5-9-21)25-23(19)18-11-13-20(24)14-12-18/h3-5,8-9,11-14,16H,6-7,10,15H2,1-2H3. The van der Waals surface area contributed by atoms with Crippen molar-refractivity contribution in [2.24, 2.45) is 0 Å². The first-order valence-corrected chi connectivity index (χ1v) is 9.95. The summed E-state index contributed by atoms with van der Waals surface area (Å²) in [5.41, 5.74) is 3.65. The predicted molar refractivity (Wildman–Crippen MR) is 115 cm³/mol. The van der Waals surface area contributed by atoms with Crippen LogP contribution in [0.1, 0.15) is 31.7 Å². The van der Waals surface area contributed by atoms with Crippen LogP contribution in [0.3, 0.4) is 0 Å². The zero-order valence-electron chi connectivity index (χ0n) is 16.6. The van der Waals surface area contributed by atoms with Crippen molar-refractivity contribution in [3.63, 3.8) is 0 Å². The first-order valence-electron chi connectivity index (χ1n) is 9.57. The molecule has 1 amide bonds. The molecular formula is C23H24ClN3O2. The molecule has 0 atom stereocenters. The van der Waals surface area contributed by atoms with E-state index in [9.17, 15) is 9.59 Å². The highest BCUT2D eigenvalue weighted by atomic mass is 35.5. The lowest BCUT2D eigenvalue weighted by molar-refractivity contribution is -0.130. The molecule has 0 radical (unpaired) electrons.